The monoisotopic (exact) mass is 260 g/mol. The quantitative estimate of drug-likeness (QED) is 0.799. The summed E-state index contributed by atoms with van der Waals surface area (Å²) in [5.74, 6) is 0.198. The SMILES string of the molecule is CC1(C)C(NC(=O)[C@H]2CCCCN2)C1(C)C.Cl. The molecule has 0 aromatic rings. The van der Waals surface area contributed by atoms with Gasteiger partial charge in [-0.1, -0.05) is 34.1 Å². The minimum atomic E-state index is 0. The number of hydrogen-bond donors (Lipinski definition) is 2. The molecule has 2 aliphatic rings. The molecule has 2 fully saturated rings. The van der Waals surface area contributed by atoms with Crippen molar-refractivity contribution in [3.8, 4) is 0 Å². The van der Waals surface area contributed by atoms with Crippen molar-refractivity contribution in [2.45, 2.75) is 59.0 Å². The highest BCUT2D eigenvalue weighted by atomic mass is 35.5. The standard InChI is InChI=1S/C13H24N2O.ClH/c1-12(2)11(13(12,3)4)15-10(16)9-7-5-6-8-14-9;/h9,11,14H,5-8H2,1-4H3,(H,15,16);1H/t9-;/m1./s1. The maximum Gasteiger partial charge on any atom is 0.237 e. The predicted octanol–water partition coefficient (Wildman–Crippen LogP) is 2.10. The van der Waals surface area contributed by atoms with E-state index in [1.807, 2.05) is 0 Å². The molecule has 1 aliphatic carbocycles. The first-order valence-electron chi connectivity index (χ1n) is 6.41. The molecule has 0 aromatic carbocycles. The van der Waals surface area contributed by atoms with E-state index in [1.54, 1.807) is 0 Å². The van der Waals surface area contributed by atoms with Crippen LogP contribution in [-0.2, 0) is 4.79 Å². The fraction of sp³-hybridized carbons (Fsp3) is 0.923. The van der Waals surface area contributed by atoms with Crippen LogP contribution in [0.25, 0.3) is 0 Å². The lowest BCUT2D eigenvalue weighted by atomic mass is 10.0. The van der Waals surface area contributed by atoms with Crippen LogP contribution in [0.5, 0.6) is 0 Å². The van der Waals surface area contributed by atoms with E-state index in [2.05, 4.69) is 38.3 Å². The van der Waals surface area contributed by atoms with Crippen LogP contribution in [-0.4, -0.2) is 24.5 Å². The molecule has 2 rings (SSSR count). The van der Waals surface area contributed by atoms with Gasteiger partial charge in [0.1, 0.15) is 0 Å². The van der Waals surface area contributed by atoms with Gasteiger partial charge < -0.3 is 10.6 Å². The average molecular weight is 261 g/mol. The highest BCUT2D eigenvalue weighted by molar-refractivity contribution is 5.85. The van der Waals surface area contributed by atoms with Gasteiger partial charge in [0.05, 0.1) is 6.04 Å². The van der Waals surface area contributed by atoms with E-state index in [0.29, 0.717) is 6.04 Å². The molecule has 1 amide bonds. The number of amides is 1. The third-order valence-corrected chi connectivity index (χ3v) is 4.93. The van der Waals surface area contributed by atoms with Gasteiger partial charge in [0.25, 0.3) is 0 Å². The van der Waals surface area contributed by atoms with Crippen molar-refractivity contribution in [3.05, 3.63) is 0 Å². The predicted molar refractivity (Wildman–Crippen MR) is 72.4 cm³/mol. The third-order valence-electron chi connectivity index (χ3n) is 4.93. The number of rotatable bonds is 2. The van der Waals surface area contributed by atoms with Gasteiger partial charge in [-0.2, -0.15) is 0 Å². The largest absolute Gasteiger partial charge is 0.351 e. The van der Waals surface area contributed by atoms with E-state index in [9.17, 15) is 4.79 Å². The Morgan fingerprint density at radius 3 is 2.18 bits per heavy atom. The molecule has 0 aromatic heterocycles. The molecular weight excluding hydrogens is 236 g/mol. The Kier molecular flexibility index (Phi) is 4.15. The number of halogens is 1. The number of hydrogen-bond acceptors (Lipinski definition) is 2. The van der Waals surface area contributed by atoms with E-state index < -0.39 is 0 Å². The highest BCUT2D eigenvalue weighted by Crippen LogP contribution is 2.62. The van der Waals surface area contributed by atoms with Gasteiger partial charge in [0, 0.05) is 6.04 Å². The van der Waals surface area contributed by atoms with E-state index >= 15 is 0 Å². The minimum absolute atomic E-state index is 0. The lowest BCUT2D eigenvalue weighted by Crippen LogP contribution is -2.48. The molecule has 4 heteroatoms. The lowest BCUT2D eigenvalue weighted by molar-refractivity contribution is -0.124. The number of piperidine rings is 1. The Morgan fingerprint density at radius 1 is 1.18 bits per heavy atom. The van der Waals surface area contributed by atoms with E-state index in [-0.39, 0.29) is 35.2 Å². The molecule has 100 valence electrons. The van der Waals surface area contributed by atoms with Crippen LogP contribution in [0.3, 0.4) is 0 Å². The summed E-state index contributed by atoms with van der Waals surface area (Å²) >= 11 is 0. The number of carbonyl (C=O) groups excluding carboxylic acids is 1. The van der Waals surface area contributed by atoms with Gasteiger partial charge in [0.2, 0.25) is 5.91 Å². The van der Waals surface area contributed by atoms with Gasteiger partial charge in [0.15, 0.2) is 0 Å². The first-order chi connectivity index (χ1) is 7.37. The second-order valence-corrected chi connectivity index (χ2v) is 6.39. The summed E-state index contributed by atoms with van der Waals surface area (Å²) in [6.07, 6.45) is 3.35. The normalized spacial score (nSPS) is 30.2. The zero-order valence-corrected chi connectivity index (χ0v) is 12.1. The van der Waals surface area contributed by atoms with E-state index in [1.165, 1.54) is 12.8 Å². The topological polar surface area (TPSA) is 41.1 Å². The Morgan fingerprint density at radius 2 is 1.76 bits per heavy atom. The van der Waals surface area contributed by atoms with Crippen molar-refractivity contribution in [1.82, 2.24) is 10.6 Å². The summed E-state index contributed by atoms with van der Waals surface area (Å²) in [5, 5.41) is 6.50. The number of carbonyl (C=O) groups is 1. The molecule has 2 N–H and O–H groups in total. The van der Waals surface area contributed by atoms with Crippen LogP contribution in [0.4, 0.5) is 0 Å². The summed E-state index contributed by atoms with van der Waals surface area (Å²) in [6, 6.07) is 0.372. The summed E-state index contributed by atoms with van der Waals surface area (Å²) in [5.41, 5.74) is 0.467. The van der Waals surface area contributed by atoms with Crippen molar-refractivity contribution < 1.29 is 4.79 Å². The molecule has 1 atom stereocenters. The van der Waals surface area contributed by atoms with Crippen LogP contribution in [0.1, 0.15) is 47.0 Å². The fourth-order valence-corrected chi connectivity index (χ4v) is 2.88. The zero-order valence-electron chi connectivity index (χ0n) is 11.3. The molecule has 1 saturated carbocycles. The lowest BCUT2D eigenvalue weighted by Gasteiger charge is -2.23. The molecule has 0 spiro atoms. The van der Waals surface area contributed by atoms with E-state index in [4.69, 9.17) is 0 Å². The molecule has 0 bridgehead atoms. The summed E-state index contributed by atoms with van der Waals surface area (Å²) in [4.78, 5) is 12.1. The summed E-state index contributed by atoms with van der Waals surface area (Å²) < 4.78 is 0. The second-order valence-electron chi connectivity index (χ2n) is 6.39. The first kappa shape index (κ1) is 14.8. The Bertz CT molecular complexity index is 282. The Hall–Kier alpha value is -0.280. The molecule has 3 nitrogen and oxygen atoms in total. The van der Waals surface area contributed by atoms with Crippen molar-refractivity contribution in [2.24, 2.45) is 10.8 Å². The van der Waals surface area contributed by atoms with Crippen molar-refractivity contribution in [3.63, 3.8) is 0 Å². The zero-order chi connectivity index (χ0) is 12.0. The van der Waals surface area contributed by atoms with Crippen LogP contribution in [0, 0.1) is 10.8 Å². The maximum atomic E-state index is 12.1. The Labute approximate surface area is 111 Å². The van der Waals surface area contributed by atoms with Gasteiger partial charge in [-0.25, -0.2) is 0 Å². The van der Waals surface area contributed by atoms with Crippen LogP contribution < -0.4 is 10.6 Å². The van der Waals surface area contributed by atoms with Gasteiger partial charge >= 0.3 is 0 Å². The molecule has 17 heavy (non-hydrogen) atoms. The molecule has 0 radical (unpaired) electrons. The van der Waals surface area contributed by atoms with Crippen LogP contribution in [0.15, 0.2) is 0 Å². The van der Waals surface area contributed by atoms with Crippen LogP contribution >= 0.6 is 12.4 Å². The first-order valence-corrected chi connectivity index (χ1v) is 6.41. The third kappa shape index (κ3) is 2.45. The van der Waals surface area contributed by atoms with E-state index in [0.717, 1.165) is 13.0 Å². The molecular formula is C13H25ClN2O. The highest BCUT2D eigenvalue weighted by Gasteiger charge is 2.65. The van der Waals surface area contributed by atoms with Crippen LogP contribution in [0.2, 0.25) is 0 Å². The summed E-state index contributed by atoms with van der Waals surface area (Å²) in [6.45, 7) is 9.90. The summed E-state index contributed by atoms with van der Waals surface area (Å²) in [7, 11) is 0. The maximum absolute atomic E-state index is 12.1. The number of nitrogens with one attached hydrogen (secondary N) is 2. The molecule has 1 heterocycles. The van der Waals surface area contributed by atoms with Crippen molar-refractivity contribution >= 4 is 18.3 Å². The minimum Gasteiger partial charge on any atom is -0.351 e. The average Bonchev–Trinajstić information content (AvgIpc) is 2.62. The van der Waals surface area contributed by atoms with Gasteiger partial charge in [-0.15, -0.1) is 12.4 Å². The fourth-order valence-electron chi connectivity index (χ4n) is 2.88. The Balaban J connectivity index is 0.00000144. The van der Waals surface area contributed by atoms with Crippen molar-refractivity contribution in [1.29, 1.82) is 0 Å². The van der Waals surface area contributed by atoms with Crippen molar-refractivity contribution in [2.75, 3.05) is 6.54 Å². The second kappa shape index (κ2) is 4.77. The molecule has 1 saturated heterocycles. The smallest absolute Gasteiger partial charge is 0.237 e. The molecule has 1 aliphatic heterocycles. The van der Waals surface area contributed by atoms with Gasteiger partial charge in [-0.05, 0) is 30.2 Å². The van der Waals surface area contributed by atoms with Gasteiger partial charge in [-0.3, -0.25) is 4.79 Å². The molecule has 0 unspecified atom stereocenters.